The van der Waals surface area contributed by atoms with Crippen molar-refractivity contribution in [2.75, 3.05) is 5.32 Å². The van der Waals surface area contributed by atoms with Crippen molar-refractivity contribution in [1.82, 2.24) is 10.3 Å². The molecule has 0 unspecified atom stereocenters. The Labute approximate surface area is 245 Å². The van der Waals surface area contributed by atoms with Gasteiger partial charge in [0.2, 0.25) is 5.91 Å². The number of Topliss-reactive ketones (excluding diaryl/α,β-unsaturated/α-hetero) is 1. The van der Waals surface area contributed by atoms with E-state index < -0.39 is 6.04 Å². The summed E-state index contributed by atoms with van der Waals surface area (Å²) in [4.78, 5) is 29.6. The Hall–Kier alpha value is -2.58. The van der Waals surface area contributed by atoms with Crippen molar-refractivity contribution >= 4 is 63.9 Å². The molecule has 7 nitrogen and oxygen atoms in total. The van der Waals surface area contributed by atoms with Gasteiger partial charge in [0, 0.05) is 23.7 Å². The molecule has 10 heteroatoms. The minimum Gasteiger partial charge on any atom is -0.505 e. The maximum Gasteiger partial charge on any atom is 0.237 e. The Bertz CT molecular complexity index is 1360. The van der Waals surface area contributed by atoms with Crippen LogP contribution in [0.4, 0.5) is 5.69 Å². The van der Waals surface area contributed by atoms with Crippen molar-refractivity contribution in [2.45, 2.75) is 71.5 Å². The molecule has 1 atom stereocenters. The second-order valence-corrected chi connectivity index (χ2v) is 12.0. The number of rotatable bonds is 6. The molecule has 1 aromatic heterocycles. The molecule has 1 aliphatic rings. The topological polar surface area (TPSA) is 117 Å². The van der Waals surface area contributed by atoms with E-state index in [9.17, 15) is 14.7 Å². The number of aromatic hydroxyl groups is 1. The van der Waals surface area contributed by atoms with Crippen LogP contribution in [0.5, 0.6) is 5.75 Å². The van der Waals surface area contributed by atoms with Gasteiger partial charge in [-0.1, -0.05) is 50.0 Å². The van der Waals surface area contributed by atoms with E-state index in [2.05, 4.69) is 15.6 Å². The van der Waals surface area contributed by atoms with Crippen LogP contribution in [0.15, 0.2) is 36.5 Å². The molecule has 1 heterocycles. The Morgan fingerprint density at radius 1 is 1.03 bits per heavy atom. The van der Waals surface area contributed by atoms with E-state index in [-0.39, 0.29) is 57.4 Å². The number of phenols is 1. The summed E-state index contributed by atoms with van der Waals surface area (Å²) in [6.45, 7) is 7.40. The molecule has 0 radical (unpaired) electrons. The molecule has 5 N–H and O–H groups in total. The first-order valence-electron chi connectivity index (χ1n) is 12.8. The van der Waals surface area contributed by atoms with Gasteiger partial charge in [-0.15, -0.1) is 12.4 Å². The van der Waals surface area contributed by atoms with Crippen molar-refractivity contribution in [3.05, 3.63) is 52.1 Å². The highest BCUT2D eigenvalue weighted by Gasteiger charge is 2.30. The molecule has 0 aliphatic heterocycles. The molecular weight excluding hydrogens is 559 g/mol. The van der Waals surface area contributed by atoms with Gasteiger partial charge in [0.1, 0.15) is 0 Å². The van der Waals surface area contributed by atoms with E-state index in [1.54, 1.807) is 18.3 Å². The Morgan fingerprint density at radius 3 is 2.18 bits per heavy atom. The third-order valence-corrected chi connectivity index (χ3v) is 7.81. The highest BCUT2D eigenvalue weighted by atomic mass is 35.5. The largest absolute Gasteiger partial charge is 0.505 e. The third-order valence-electron chi connectivity index (χ3n) is 7.23. The molecule has 210 valence electrons. The minimum absolute atomic E-state index is 0. The van der Waals surface area contributed by atoms with E-state index in [0.29, 0.717) is 5.56 Å². The standard InChI is InChI=1S/C29H34Cl2N4O3.ClH/c1-15(36)21-14-33-24-10-5-16(17-12-22(30)26(37)23(31)13-17)11-20(24)25(21)34-18-6-8-19(9-7-18)35-28(38)27(32)29(2,3)4;/h5,10-14,18-19,27,37H,6-9,32H2,1-4H3,(H,33,34)(H,35,38);1H/t18?,19?,27-;/m1./s1. The van der Waals surface area contributed by atoms with Crippen molar-refractivity contribution in [3.63, 3.8) is 0 Å². The van der Waals surface area contributed by atoms with Crippen LogP contribution in [0.1, 0.15) is 63.7 Å². The maximum atomic E-state index is 12.6. The number of aromatic nitrogens is 1. The molecule has 0 bridgehead atoms. The summed E-state index contributed by atoms with van der Waals surface area (Å²) in [6.07, 6.45) is 4.91. The zero-order chi connectivity index (χ0) is 27.8. The number of ketones is 1. The van der Waals surface area contributed by atoms with E-state index in [4.69, 9.17) is 28.9 Å². The fourth-order valence-electron chi connectivity index (χ4n) is 4.80. The number of phenolic OH excluding ortho intramolecular Hbond substituents is 1. The number of carbonyl (C=O) groups excluding carboxylic acids is 2. The summed E-state index contributed by atoms with van der Waals surface area (Å²) in [6, 6.07) is 8.69. The number of hydrogen-bond acceptors (Lipinski definition) is 6. The fourth-order valence-corrected chi connectivity index (χ4v) is 5.28. The molecule has 3 aromatic rings. The average Bonchev–Trinajstić information content (AvgIpc) is 2.86. The summed E-state index contributed by atoms with van der Waals surface area (Å²) in [7, 11) is 0. The lowest BCUT2D eigenvalue weighted by molar-refractivity contribution is -0.125. The number of amides is 1. The first-order valence-corrected chi connectivity index (χ1v) is 13.5. The Morgan fingerprint density at radius 2 is 1.62 bits per heavy atom. The van der Waals surface area contributed by atoms with Crippen molar-refractivity contribution in [2.24, 2.45) is 11.1 Å². The number of fused-ring (bicyclic) bond motifs is 1. The zero-order valence-electron chi connectivity index (χ0n) is 22.5. The summed E-state index contributed by atoms with van der Waals surface area (Å²) in [5.74, 6) is -0.358. The van der Waals surface area contributed by atoms with Gasteiger partial charge in [-0.3, -0.25) is 14.6 Å². The Balaban J connectivity index is 0.00000420. The second kappa shape index (κ2) is 12.3. The van der Waals surface area contributed by atoms with Crippen LogP contribution in [-0.2, 0) is 4.79 Å². The molecule has 0 saturated heterocycles. The summed E-state index contributed by atoms with van der Waals surface area (Å²) < 4.78 is 0. The molecule has 4 rings (SSSR count). The van der Waals surface area contributed by atoms with Crippen LogP contribution in [0.3, 0.4) is 0 Å². The quantitative estimate of drug-likeness (QED) is 0.235. The van der Waals surface area contributed by atoms with Crippen LogP contribution in [0.2, 0.25) is 10.0 Å². The van der Waals surface area contributed by atoms with Gasteiger partial charge >= 0.3 is 0 Å². The molecule has 1 fully saturated rings. The molecular formula is C29H35Cl3N4O3. The summed E-state index contributed by atoms with van der Waals surface area (Å²) in [5, 5.41) is 17.8. The van der Waals surface area contributed by atoms with Gasteiger partial charge in [-0.2, -0.15) is 0 Å². The van der Waals surface area contributed by atoms with Crippen LogP contribution >= 0.6 is 35.6 Å². The van der Waals surface area contributed by atoms with Gasteiger partial charge in [0.05, 0.1) is 32.9 Å². The minimum atomic E-state index is -0.563. The summed E-state index contributed by atoms with van der Waals surface area (Å²) in [5.41, 5.74) is 9.39. The molecule has 0 spiro atoms. The highest BCUT2D eigenvalue weighted by Crippen LogP contribution is 2.38. The van der Waals surface area contributed by atoms with Crippen LogP contribution in [0.25, 0.3) is 22.0 Å². The van der Waals surface area contributed by atoms with E-state index in [1.807, 2.05) is 39.0 Å². The monoisotopic (exact) mass is 592 g/mol. The van der Waals surface area contributed by atoms with E-state index in [1.165, 1.54) is 6.92 Å². The van der Waals surface area contributed by atoms with Gasteiger partial charge in [-0.25, -0.2) is 0 Å². The maximum absolute atomic E-state index is 12.6. The van der Waals surface area contributed by atoms with E-state index >= 15 is 0 Å². The van der Waals surface area contributed by atoms with Crippen LogP contribution in [0, 0.1) is 5.41 Å². The number of nitrogens with one attached hydrogen (secondary N) is 2. The first-order chi connectivity index (χ1) is 17.8. The van der Waals surface area contributed by atoms with Crippen molar-refractivity contribution < 1.29 is 14.7 Å². The number of pyridine rings is 1. The number of hydrogen-bond donors (Lipinski definition) is 4. The fraction of sp³-hybridized carbons (Fsp3) is 0.414. The highest BCUT2D eigenvalue weighted by molar-refractivity contribution is 6.37. The van der Waals surface area contributed by atoms with Crippen molar-refractivity contribution in [3.8, 4) is 16.9 Å². The second-order valence-electron chi connectivity index (χ2n) is 11.2. The lowest BCUT2D eigenvalue weighted by Gasteiger charge is -2.33. The SMILES string of the molecule is CC(=O)c1cnc2ccc(-c3cc(Cl)c(O)c(Cl)c3)cc2c1NC1CCC(NC(=O)[C@@H](N)C(C)(C)C)CC1.Cl. The molecule has 2 aromatic carbocycles. The summed E-state index contributed by atoms with van der Waals surface area (Å²) >= 11 is 12.3. The molecule has 1 aliphatic carbocycles. The number of halogens is 3. The van der Waals surface area contributed by atoms with Gasteiger partial charge < -0.3 is 21.5 Å². The molecule has 1 amide bonds. The molecule has 39 heavy (non-hydrogen) atoms. The van der Waals surface area contributed by atoms with E-state index in [0.717, 1.165) is 53.4 Å². The Kier molecular flexibility index (Phi) is 9.76. The van der Waals surface area contributed by atoms with Gasteiger partial charge in [0.25, 0.3) is 0 Å². The number of anilines is 1. The van der Waals surface area contributed by atoms with Crippen molar-refractivity contribution in [1.29, 1.82) is 0 Å². The molecule has 1 saturated carbocycles. The van der Waals surface area contributed by atoms with Gasteiger partial charge in [-0.05, 0) is 73.4 Å². The number of nitrogens with two attached hydrogens (primary N) is 1. The van der Waals surface area contributed by atoms with Gasteiger partial charge in [0.15, 0.2) is 11.5 Å². The number of nitrogens with zero attached hydrogens (tertiary/aromatic N) is 1. The first kappa shape index (κ1) is 31.0. The number of benzene rings is 2. The lowest BCUT2D eigenvalue weighted by atomic mass is 9.85. The predicted octanol–water partition coefficient (Wildman–Crippen LogP) is 6.75. The lowest BCUT2D eigenvalue weighted by Crippen LogP contribution is -2.52. The zero-order valence-corrected chi connectivity index (χ0v) is 24.8. The smallest absolute Gasteiger partial charge is 0.237 e. The number of carbonyl (C=O) groups is 2. The van der Waals surface area contributed by atoms with Crippen LogP contribution in [-0.4, -0.2) is 39.9 Å². The van der Waals surface area contributed by atoms with Crippen LogP contribution < -0.4 is 16.4 Å². The third kappa shape index (κ3) is 6.95. The average molecular weight is 594 g/mol. The predicted molar refractivity (Wildman–Crippen MR) is 161 cm³/mol. The normalized spacial score (nSPS) is 18.2.